The van der Waals surface area contributed by atoms with Gasteiger partial charge in [-0.2, -0.15) is 0 Å². The van der Waals surface area contributed by atoms with Gasteiger partial charge >= 0.3 is 0 Å². The summed E-state index contributed by atoms with van der Waals surface area (Å²) in [6.45, 7) is 4.30. The first-order valence-electron chi connectivity index (χ1n) is 4.51. The molecule has 1 N–H and O–H groups in total. The lowest BCUT2D eigenvalue weighted by molar-refractivity contribution is 0.636. The van der Waals surface area contributed by atoms with Gasteiger partial charge in [0.15, 0.2) is 0 Å². The van der Waals surface area contributed by atoms with E-state index >= 15 is 0 Å². The number of hydrogen-bond acceptors (Lipinski definition) is 3. The summed E-state index contributed by atoms with van der Waals surface area (Å²) in [7, 11) is 0. The molecule has 1 rings (SSSR count). The number of thioether (sulfide) groups is 1. The molecule has 1 heterocycles. The fourth-order valence-corrected chi connectivity index (χ4v) is 2.10. The number of hydrogen-bond donors (Lipinski definition) is 1. The predicted molar refractivity (Wildman–Crippen MR) is 60.0 cm³/mol. The van der Waals surface area contributed by atoms with Gasteiger partial charge in [0.25, 0.3) is 5.56 Å². The average molecular weight is 233 g/mol. The summed E-state index contributed by atoms with van der Waals surface area (Å²) in [5.41, 5.74) is -0.270. The van der Waals surface area contributed by atoms with Crippen LogP contribution >= 0.6 is 23.4 Å². The molecule has 1 aromatic heterocycles. The number of halogens is 1. The van der Waals surface area contributed by atoms with Crippen molar-refractivity contribution in [3.8, 4) is 0 Å². The summed E-state index contributed by atoms with van der Waals surface area (Å²) in [6, 6.07) is 0. The van der Waals surface area contributed by atoms with E-state index < -0.39 is 0 Å². The Kier molecular flexibility index (Phi) is 4.48. The van der Waals surface area contributed by atoms with Gasteiger partial charge in [0.05, 0.1) is 6.33 Å². The van der Waals surface area contributed by atoms with E-state index in [9.17, 15) is 4.79 Å². The highest BCUT2D eigenvalue weighted by Crippen LogP contribution is 2.23. The van der Waals surface area contributed by atoms with Crippen LogP contribution in [0.3, 0.4) is 0 Å². The third-order valence-electron chi connectivity index (χ3n) is 1.97. The molecule has 0 aromatic carbocycles. The van der Waals surface area contributed by atoms with Crippen LogP contribution in [0, 0.1) is 5.92 Å². The molecule has 0 fully saturated rings. The van der Waals surface area contributed by atoms with Gasteiger partial charge in [-0.05, 0) is 5.92 Å². The van der Waals surface area contributed by atoms with Crippen LogP contribution in [-0.4, -0.2) is 15.7 Å². The number of rotatable bonds is 4. The van der Waals surface area contributed by atoms with Crippen molar-refractivity contribution in [3.63, 3.8) is 0 Å². The maximum Gasteiger partial charge on any atom is 0.270 e. The predicted octanol–water partition coefficient (Wildman–Crippen LogP) is 2.56. The van der Waals surface area contributed by atoms with Gasteiger partial charge in [0, 0.05) is 5.75 Å². The fourth-order valence-electron chi connectivity index (χ4n) is 0.806. The molecule has 0 bridgehead atoms. The Morgan fingerprint density at radius 3 is 3.07 bits per heavy atom. The monoisotopic (exact) mass is 232 g/mol. The molecule has 3 nitrogen and oxygen atoms in total. The zero-order chi connectivity index (χ0) is 10.6. The van der Waals surface area contributed by atoms with Gasteiger partial charge < -0.3 is 4.98 Å². The van der Waals surface area contributed by atoms with Gasteiger partial charge in [0.1, 0.15) is 10.0 Å². The Hall–Kier alpha value is -0.480. The van der Waals surface area contributed by atoms with Gasteiger partial charge in [0.2, 0.25) is 0 Å². The highest BCUT2D eigenvalue weighted by atomic mass is 35.5. The molecule has 0 amide bonds. The summed E-state index contributed by atoms with van der Waals surface area (Å²) >= 11 is 7.32. The number of nitrogens with one attached hydrogen (secondary N) is 1. The third-order valence-corrected chi connectivity index (χ3v) is 3.75. The fraction of sp³-hybridized carbons (Fsp3) is 0.556. The zero-order valence-corrected chi connectivity index (χ0v) is 9.78. The molecule has 78 valence electrons. The van der Waals surface area contributed by atoms with E-state index in [0.717, 1.165) is 12.2 Å². The van der Waals surface area contributed by atoms with Crippen LogP contribution in [0.4, 0.5) is 0 Å². The lowest BCUT2D eigenvalue weighted by Crippen LogP contribution is -2.08. The van der Waals surface area contributed by atoms with Crippen LogP contribution < -0.4 is 5.56 Å². The Morgan fingerprint density at radius 2 is 2.43 bits per heavy atom. The van der Waals surface area contributed by atoms with E-state index in [2.05, 4.69) is 23.8 Å². The van der Waals surface area contributed by atoms with Crippen molar-refractivity contribution in [3.05, 3.63) is 21.7 Å². The minimum Gasteiger partial charge on any atom is -0.312 e. The molecule has 0 aliphatic carbocycles. The highest BCUT2D eigenvalue weighted by Gasteiger charge is 2.07. The third kappa shape index (κ3) is 3.03. The SMILES string of the molecule is CCC(C)CSc1nc[nH]c(=O)c1Cl. The molecule has 0 radical (unpaired) electrons. The lowest BCUT2D eigenvalue weighted by Gasteiger charge is -2.07. The Morgan fingerprint density at radius 1 is 1.71 bits per heavy atom. The summed E-state index contributed by atoms with van der Waals surface area (Å²) in [5, 5.41) is 0.816. The molecule has 1 aromatic rings. The van der Waals surface area contributed by atoms with Crippen molar-refractivity contribution in [2.24, 2.45) is 5.92 Å². The second-order valence-electron chi connectivity index (χ2n) is 3.18. The maximum atomic E-state index is 11.1. The van der Waals surface area contributed by atoms with Crippen molar-refractivity contribution < 1.29 is 0 Å². The van der Waals surface area contributed by atoms with Crippen LogP contribution in [0.2, 0.25) is 5.02 Å². The summed E-state index contributed by atoms with van der Waals surface area (Å²) in [5.74, 6) is 1.55. The molecule has 0 spiro atoms. The molecular weight excluding hydrogens is 220 g/mol. The molecular formula is C9H13ClN2OS. The Labute approximate surface area is 92.3 Å². The van der Waals surface area contributed by atoms with E-state index in [-0.39, 0.29) is 10.6 Å². The summed E-state index contributed by atoms with van der Waals surface area (Å²) in [6.07, 6.45) is 2.50. The molecule has 1 atom stereocenters. The van der Waals surface area contributed by atoms with Crippen molar-refractivity contribution in [1.29, 1.82) is 0 Å². The Balaban J connectivity index is 2.68. The quantitative estimate of drug-likeness (QED) is 0.641. The minimum atomic E-state index is -0.270. The molecule has 5 heteroatoms. The maximum absolute atomic E-state index is 11.1. The van der Waals surface area contributed by atoms with Crippen LogP contribution in [0.15, 0.2) is 16.1 Å². The topological polar surface area (TPSA) is 45.8 Å². The van der Waals surface area contributed by atoms with Crippen molar-refractivity contribution in [2.45, 2.75) is 25.3 Å². The summed E-state index contributed by atoms with van der Waals surface area (Å²) in [4.78, 5) is 17.6. The number of H-pyrrole nitrogens is 1. The van der Waals surface area contributed by atoms with E-state index in [1.54, 1.807) is 0 Å². The second-order valence-corrected chi connectivity index (χ2v) is 4.56. The number of aromatic amines is 1. The first-order chi connectivity index (χ1) is 6.65. The minimum absolute atomic E-state index is 0.195. The molecule has 14 heavy (non-hydrogen) atoms. The summed E-state index contributed by atoms with van der Waals surface area (Å²) < 4.78 is 0. The van der Waals surface area contributed by atoms with Gasteiger partial charge in [-0.15, -0.1) is 11.8 Å². The molecule has 1 unspecified atom stereocenters. The van der Waals surface area contributed by atoms with Crippen LogP contribution in [-0.2, 0) is 0 Å². The van der Waals surface area contributed by atoms with Crippen molar-refractivity contribution in [2.75, 3.05) is 5.75 Å². The van der Waals surface area contributed by atoms with E-state index in [0.29, 0.717) is 10.9 Å². The first-order valence-corrected chi connectivity index (χ1v) is 5.87. The zero-order valence-electron chi connectivity index (χ0n) is 8.21. The van der Waals surface area contributed by atoms with E-state index in [1.165, 1.54) is 18.1 Å². The van der Waals surface area contributed by atoms with Crippen LogP contribution in [0.1, 0.15) is 20.3 Å². The van der Waals surface area contributed by atoms with E-state index in [1.807, 2.05) is 0 Å². The number of aromatic nitrogens is 2. The van der Waals surface area contributed by atoms with Crippen molar-refractivity contribution >= 4 is 23.4 Å². The normalized spacial score (nSPS) is 12.8. The van der Waals surface area contributed by atoms with E-state index in [4.69, 9.17) is 11.6 Å². The molecule has 0 aliphatic rings. The van der Waals surface area contributed by atoms with Crippen LogP contribution in [0.25, 0.3) is 0 Å². The van der Waals surface area contributed by atoms with Gasteiger partial charge in [-0.25, -0.2) is 4.98 Å². The van der Waals surface area contributed by atoms with Crippen LogP contribution in [0.5, 0.6) is 0 Å². The second kappa shape index (κ2) is 5.41. The highest BCUT2D eigenvalue weighted by molar-refractivity contribution is 7.99. The lowest BCUT2D eigenvalue weighted by atomic mass is 10.2. The first kappa shape index (κ1) is 11.6. The average Bonchev–Trinajstić information content (AvgIpc) is 2.20. The molecule has 0 saturated heterocycles. The van der Waals surface area contributed by atoms with Crippen molar-refractivity contribution in [1.82, 2.24) is 9.97 Å². The Bertz CT molecular complexity index is 353. The van der Waals surface area contributed by atoms with Gasteiger partial charge in [-0.1, -0.05) is 31.9 Å². The molecule has 0 aliphatic heterocycles. The smallest absolute Gasteiger partial charge is 0.270 e. The molecule has 0 saturated carbocycles. The number of nitrogens with zero attached hydrogens (tertiary/aromatic N) is 1. The van der Waals surface area contributed by atoms with Gasteiger partial charge in [-0.3, -0.25) is 4.79 Å². The standard InChI is InChI=1S/C9H13ClN2OS/c1-3-6(2)4-14-9-7(10)8(13)11-5-12-9/h5-6H,3-4H2,1-2H3,(H,11,12,13). The largest absolute Gasteiger partial charge is 0.312 e.